The Bertz CT molecular complexity index is 4000. The molecule has 1 heterocycles. The topological polar surface area (TPSA) is 16.4 Å². The van der Waals surface area contributed by atoms with E-state index in [4.69, 9.17) is 4.42 Å². The van der Waals surface area contributed by atoms with Gasteiger partial charge in [-0.2, -0.15) is 0 Å². The summed E-state index contributed by atoms with van der Waals surface area (Å²) in [5.41, 5.74) is 16.8. The van der Waals surface area contributed by atoms with Crippen molar-refractivity contribution in [3.05, 3.63) is 261 Å². The molecule has 0 aliphatic carbocycles. The summed E-state index contributed by atoms with van der Waals surface area (Å²) in [5, 5.41) is 9.71. The predicted octanol–water partition coefficient (Wildman–Crippen LogP) is 18.9. The molecular formula is C66H43NO. The number of hydrogen-bond acceptors (Lipinski definition) is 2. The third-order valence-corrected chi connectivity index (χ3v) is 13.6. The first kappa shape index (κ1) is 39.4. The van der Waals surface area contributed by atoms with Crippen LogP contribution in [0.2, 0.25) is 0 Å². The SMILES string of the molecule is c1ccc(-c2c(-c3ccccc3)c3cc(-c4cccc(N(c5ccc(-c6ccc7ccccc7c6)cc5)c5ccc(-c6cccc7c6oc6ccccc67)cc5)c4)ccc3c3ccccc23)cc1. The molecule has 0 amide bonds. The van der Waals surface area contributed by atoms with Gasteiger partial charge in [0.25, 0.3) is 0 Å². The summed E-state index contributed by atoms with van der Waals surface area (Å²) in [6, 6.07) is 94.5. The lowest BCUT2D eigenvalue weighted by atomic mass is 9.84. The number of nitrogens with zero attached hydrogens (tertiary/aromatic N) is 1. The van der Waals surface area contributed by atoms with Crippen molar-refractivity contribution in [1.82, 2.24) is 0 Å². The van der Waals surface area contributed by atoms with Crippen LogP contribution in [-0.4, -0.2) is 0 Å². The minimum Gasteiger partial charge on any atom is -0.455 e. The third-order valence-electron chi connectivity index (χ3n) is 13.6. The van der Waals surface area contributed by atoms with E-state index in [0.717, 1.165) is 61.3 Å². The third kappa shape index (κ3) is 6.82. The van der Waals surface area contributed by atoms with Crippen molar-refractivity contribution in [3.8, 4) is 55.6 Å². The Balaban J connectivity index is 0.955. The lowest BCUT2D eigenvalue weighted by molar-refractivity contribution is 0.670. The van der Waals surface area contributed by atoms with Gasteiger partial charge in [0.05, 0.1) is 0 Å². The van der Waals surface area contributed by atoms with Crippen molar-refractivity contribution in [1.29, 1.82) is 0 Å². The quantitative estimate of drug-likeness (QED) is 0.142. The van der Waals surface area contributed by atoms with Crippen molar-refractivity contribution >= 4 is 71.3 Å². The predicted molar refractivity (Wildman–Crippen MR) is 288 cm³/mol. The fourth-order valence-corrected chi connectivity index (χ4v) is 10.4. The largest absolute Gasteiger partial charge is 0.455 e. The minimum absolute atomic E-state index is 0.900. The smallest absolute Gasteiger partial charge is 0.143 e. The van der Waals surface area contributed by atoms with Crippen LogP contribution < -0.4 is 4.90 Å². The second-order valence-electron chi connectivity index (χ2n) is 17.6. The van der Waals surface area contributed by atoms with E-state index in [1.54, 1.807) is 0 Å². The zero-order valence-electron chi connectivity index (χ0n) is 37.2. The number of benzene rings is 12. The average Bonchev–Trinajstić information content (AvgIpc) is 3.80. The molecule has 0 saturated carbocycles. The van der Waals surface area contributed by atoms with Crippen LogP contribution in [0.1, 0.15) is 0 Å². The van der Waals surface area contributed by atoms with Crippen molar-refractivity contribution in [2.45, 2.75) is 0 Å². The van der Waals surface area contributed by atoms with Gasteiger partial charge >= 0.3 is 0 Å². The summed E-state index contributed by atoms with van der Waals surface area (Å²) < 4.78 is 6.48. The molecule has 2 nitrogen and oxygen atoms in total. The second kappa shape index (κ2) is 16.5. The van der Waals surface area contributed by atoms with E-state index in [1.165, 1.54) is 65.7 Å². The molecule has 1 aromatic heterocycles. The van der Waals surface area contributed by atoms with Gasteiger partial charge in [0.2, 0.25) is 0 Å². The van der Waals surface area contributed by atoms with E-state index in [9.17, 15) is 0 Å². The van der Waals surface area contributed by atoms with Gasteiger partial charge in [-0.05, 0) is 137 Å². The van der Waals surface area contributed by atoms with Crippen LogP contribution in [0.5, 0.6) is 0 Å². The summed E-state index contributed by atoms with van der Waals surface area (Å²) in [4.78, 5) is 2.37. The minimum atomic E-state index is 0.900. The number of para-hydroxylation sites is 2. The molecule has 0 fully saturated rings. The molecule has 0 bridgehead atoms. The first-order chi connectivity index (χ1) is 33.7. The summed E-state index contributed by atoms with van der Waals surface area (Å²) in [6.45, 7) is 0. The normalized spacial score (nSPS) is 11.5. The van der Waals surface area contributed by atoms with Gasteiger partial charge in [-0.25, -0.2) is 0 Å². The van der Waals surface area contributed by atoms with Crippen LogP contribution in [0.25, 0.3) is 110 Å². The molecular weight excluding hydrogens is 823 g/mol. The van der Waals surface area contributed by atoms with Crippen molar-refractivity contribution in [2.75, 3.05) is 4.90 Å². The van der Waals surface area contributed by atoms with Crippen molar-refractivity contribution < 1.29 is 4.42 Å². The van der Waals surface area contributed by atoms with Gasteiger partial charge in [-0.3, -0.25) is 0 Å². The van der Waals surface area contributed by atoms with Crippen LogP contribution in [0.15, 0.2) is 265 Å². The summed E-state index contributed by atoms with van der Waals surface area (Å²) >= 11 is 0. The van der Waals surface area contributed by atoms with Crippen LogP contribution in [0.4, 0.5) is 17.1 Å². The molecule has 13 aromatic rings. The van der Waals surface area contributed by atoms with E-state index in [-0.39, 0.29) is 0 Å². The zero-order valence-corrected chi connectivity index (χ0v) is 37.2. The molecule has 0 aliphatic heterocycles. The molecule has 0 radical (unpaired) electrons. The van der Waals surface area contributed by atoms with Crippen LogP contribution >= 0.6 is 0 Å². The number of hydrogen-bond donors (Lipinski definition) is 0. The lowest BCUT2D eigenvalue weighted by Crippen LogP contribution is -2.10. The fraction of sp³-hybridized carbons (Fsp3) is 0. The van der Waals surface area contributed by atoms with Gasteiger partial charge in [0.15, 0.2) is 0 Å². The summed E-state index contributed by atoms with van der Waals surface area (Å²) in [7, 11) is 0. The number of furan rings is 1. The Morgan fingerprint density at radius 3 is 1.51 bits per heavy atom. The lowest BCUT2D eigenvalue weighted by Gasteiger charge is -2.26. The van der Waals surface area contributed by atoms with Crippen LogP contribution in [0, 0.1) is 0 Å². The molecule has 0 spiro atoms. The van der Waals surface area contributed by atoms with E-state index in [1.807, 2.05) is 12.1 Å². The molecule has 0 aliphatic rings. The van der Waals surface area contributed by atoms with Gasteiger partial charge < -0.3 is 9.32 Å². The Morgan fingerprint density at radius 1 is 0.250 bits per heavy atom. The molecule has 68 heavy (non-hydrogen) atoms. The average molecular weight is 866 g/mol. The standard InChI is InChI=1S/C66H43NO/c1-3-16-47(17-4-1)64-60-25-10-9-23-57(60)58-40-35-52(43-62(58)65(64)48-18-5-2-6-19-48)50-21-13-22-55(42-50)67(53-36-31-45(32-37-53)51-30-29-44-15-7-8-20-49(44)41-51)54-38-33-46(34-39-54)56-26-14-27-61-59-24-11-12-28-63(59)68-66(56)61/h1-43H. The molecule has 0 unspecified atom stereocenters. The van der Waals surface area contributed by atoms with Crippen LogP contribution in [0.3, 0.4) is 0 Å². The van der Waals surface area contributed by atoms with Gasteiger partial charge in [-0.1, -0.05) is 206 Å². The van der Waals surface area contributed by atoms with E-state index < -0.39 is 0 Å². The molecule has 318 valence electrons. The molecule has 2 heteroatoms. The highest BCUT2D eigenvalue weighted by Crippen LogP contribution is 2.46. The van der Waals surface area contributed by atoms with E-state index in [0.29, 0.717) is 0 Å². The number of anilines is 3. The Morgan fingerprint density at radius 2 is 0.765 bits per heavy atom. The maximum Gasteiger partial charge on any atom is 0.143 e. The first-order valence-electron chi connectivity index (χ1n) is 23.3. The molecule has 13 rings (SSSR count). The summed E-state index contributed by atoms with van der Waals surface area (Å²) in [6.07, 6.45) is 0. The van der Waals surface area contributed by atoms with Gasteiger partial charge in [-0.15, -0.1) is 0 Å². The highest BCUT2D eigenvalue weighted by atomic mass is 16.3. The Kier molecular flexibility index (Phi) is 9.54. The monoisotopic (exact) mass is 865 g/mol. The Labute approximate surface area is 395 Å². The first-order valence-corrected chi connectivity index (χ1v) is 23.3. The van der Waals surface area contributed by atoms with Crippen molar-refractivity contribution in [2.24, 2.45) is 0 Å². The fourth-order valence-electron chi connectivity index (χ4n) is 10.4. The van der Waals surface area contributed by atoms with E-state index >= 15 is 0 Å². The number of rotatable bonds is 8. The maximum absolute atomic E-state index is 6.48. The second-order valence-corrected chi connectivity index (χ2v) is 17.6. The number of fused-ring (bicyclic) bond motifs is 7. The zero-order chi connectivity index (χ0) is 45.0. The van der Waals surface area contributed by atoms with Crippen molar-refractivity contribution in [3.63, 3.8) is 0 Å². The maximum atomic E-state index is 6.48. The molecule has 12 aromatic carbocycles. The summed E-state index contributed by atoms with van der Waals surface area (Å²) in [5.74, 6) is 0. The van der Waals surface area contributed by atoms with Gasteiger partial charge in [0.1, 0.15) is 11.2 Å². The molecule has 0 atom stereocenters. The highest BCUT2D eigenvalue weighted by Gasteiger charge is 2.20. The highest BCUT2D eigenvalue weighted by molar-refractivity contribution is 6.22. The molecule has 0 saturated heterocycles. The van der Waals surface area contributed by atoms with Gasteiger partial charge in [0, 0.05) is 33.4 Å². The molecule has 0 N–H and O–H groups in total. The Hall–Kier alpha value is -8.98. The van der Waals surface area contributed by atoms with E-state index in [2.05, 4.69) is 254 Å². The van der Waals surface area contributed by atoms with Crippen LogP contribution in [-0.2, 0) is 0 Å².